The molecule has 126 valence electrons. The van der Waals surface area contributed by atoms with Gasteiger partial charge in [-0.3, -0.25) is 0 Å². The van der Waals surface area contributed by atoms with E-state index in [9.17, 15) is 5.11 Å². The van der Waals surface area contributed by atoms with Crippen molar-refractivity contribution in [3.05, 3.63) is 54.2 Å². The van der Waals surface area contributed by atoms with Crippen molar-refractivity contribution >= 4 is 21.5 Å². The second-order valence-electron chi connectivity index (χ2n) is 6.07. The summed E-state index contributed by atoms with van der Waals surface area (Å²) in [6.45, 7) is 2.03. The monoisotopic (exact) mass is 333 g/mol. The minimum Gasteiger partial charge on any atom is -0.497 e. The van der Waals surface area contributed by atoms with Crippen LogP contribution in [0.3, 0.4) is 0 Å². The zero-order valence-electron chi connectivity index (χ0n) is 14.4. The van der Waals surface area contributed by atoms with Crippen molar-refractivity contribution in [1.29, 1.82) is 0 Å². The van der Waals surface area contributed by atoms with Crippen LogP contribution in [0.4, 0.5) is 0 Å². The number of hydrogen-bond acceptors (Lipinski definition) is 3. The Bertz CT molecular complexity index is 1080. The SMILES string of the molecule is COc1ccc(-c2c3cc(OC)ccc3c(C)c3c(O)[nH]cc23)cc1. The van der Waals surface area contributed by atoms with Crippen LogP contribution in [0.5, 0.6) is 17.4 Å². The zero-order valence-corrected chi connectivity index (χ0v) is 14.4. The molecule has 3 aromatic carbocycles. The van der Waals surface area contributed by atoms with E-state index in [-0.39, 0.29) is 5.88 Å². The summed E-state index contributed by atoms with van der Waals surface area (Å²) >= 11 is 0. The van der Waals surface area contributed by atoms with Crippen LogP contribution in [-0.2, 0) is 0 Å². The van der Waals surface area contributed by atoms with Crippen LogP contribution in [-0.4, -0.2) is 24.3 Å². The highest BCUT2D eigenvalue weighted by molar-refractivity contribution is 6.16. The van der Waals surface area contributed by atoms with E-state index < -0.39 is 0 Å². The normalized spacial score (nSPS) is 11.2. The number of H-pyrrole nitrogens is 1. The molecule has 0 saturated heterocycles. The fraction of sp³-hybridized carbons (Fsp3) is 0.143. The Balaban J connectivity index is 2.15. The van der Waals surface area contributed by atoms with E-state index in [1.807, 2.05) is 55.6 Å². The number of methoxy groups -OCH3 is 2. The molecular formula is C21H19NO3. The smallest absolute Gasteiger partial charge is 0.196 e. The number of benzene rings is 3. The molecule has 0 aliphatic carbocycles. The van der Waals surface area contributed by atoms with E-state index in [2.05, 4.69) is 4.98 Å². The van der Waals surface area contributed by atoms with E-state index in [1.54, 1.807) is 14.2 Å². The Kier molecular flexibility index (Phi) is 3.53. The Morgan fingerprint density at radius 3 is 2.20 bits per heavy atom. The summed E-state index contributed by atoms with van der Waals surface area (Å²) in [6.07, 6.45) is 1.86. The molecule has 0 unspecified atom stereocenters. The van der Waals surface area contributed by atoms with Gasteiger partial charge in [0, 0.05) is 17.0 Å². The Labute approximate surface area is 145 Å². The minimum atomic E-state index is 0.194. The number of fused-ring (bicyclic) bond motifs is 2. The molecule has 4 rings (SSSR count). The van der Waals surface area contributed by atoms with E-state index in [0.717, 1.165) is 49.7 Å². The summed E-state index contributed by atoms with van der Waals surface area (Å²) in [7, 11) is 3.32. The number of aromatic hydroxyl groups is 1. The van der Waals surface area contributed by atoms with Crippen LogP contribution in [0.25, 0.3) is 32.7 Å². The van der Waals surface area contributed by atoms with Crippen molar-refractivity contribution in [2.75, 3.05) is 14.2 Å². The van der Waals surface area contributed by atoms with Crippen molar-refractivity contribution in [3.63, 3.8) is 0 Å². The largest absolute Gasteiger partial charge is 0.497 e. The second-order valence-corrected chi connectivity index (χ2v) is 6.07. The summed E-state index contributed by atoms with van der Waals surface area (Å²) in [5.41, 5.74) is 3.17. The van der Waals surface area contributed by atoms with Gasteiger partial charge < -0.3 is 19.6 Å². The zero-order chi connectivity index (χ0) is 17.6. The van der Waals surface area contributed by atoms with Gasteiger partial charge in [-0.2, -0.15) is 0 Å². The molecule has 4 heteroatoms. The van der Waals surface area contributed by atoms with Gasteiger partial charge in [-0.25, -0.2) is 0 Å². The molecule has 0 aliphatic rings. The highest BCUT2D eigenvalue weighted by Crippen LogP contribution is 2.43. The summed E-state index contributed by atoms with van der Waals surface area (Å²) in [5, 5.41) is 14.3. The molecule has 4 aromatic rings. The van der Waals surface area contributed by atoms with Gasteiger partial charge >= 0.3 is 0 Å². The highest BCUT2D eigenvalue weighted by atomic mass is 16.5. The Morgan fingerprint density at radius 2 is 1.52 bits per heavy atom. The van der Waals surface area contributed by atoms with Crippen molar-refractivity contribution in [2.24, 2.45) is 0 Å². The summed E-state index contributed by atoms with van der Waals surface area (Å²) in [4.78, 5) is 2.95. The maximum Gasteiger partial charge on any atom is 0.196 e. The maximum atomic E-state index is 10.3. The quantitative estimate of drug-likeness (QED) is 0.553. The first-order valence-corrected chi connectivity index (χ1v) is 8.09. The maximum absolute atomic E-state index is 10.3. The summed E-state index contributed by atoms with van der Waals surface area (Å²) in [6, 6.07) is 14.0. The number of nitrogens with one attached hydrogen (secondary N) is 1. The van der Waals surface area contributed by atoms with Gasteiger partial charge in [0.1, 0.15) is 11.5 Å². The molecule has 0 radical (unpaired) electrons. The Hall–Kier alpha value is -3.14. The number of ether oxygens (including phenoxy) is 2. The second kappa shape index (κ2) is 5.74. The minimum absolute atomic E-state index is 0.194. The van der Waals surface area contributed by atoms with Crippen LogP contribution in [0.1, 0.15) is 5.56 Å². The van der Waals surface area contributed by atoms with Gasteiger partial charge in [-0.1, -0.05) is 18.2 Å². The number of hydrogen-bond donors (Lipinski definition) is 2. The lowest BCUT2D eigenvalue weighted by molar-refractivity contribution is 0.415. The van der Waals surface area contributed by atoms with Crippen LogP contribution in [0, 0.1) is 6.92 Å². The summed E-state index contributed by atoms with van der Waals surface area (Å²) in [5.74, 6) is 1.81. The van der Waals surface area contributed by atoms with Crippen LogP contribution in [0.2, 0.25) is 0 Å². The first-order valence-electron chi connectivity index (χ1n) is 8.09. The van der Waals surface area contributed by atoms with Crippen molar-refractivity contribution in [2.45, 2.75) is 6.92 Å². The predicted molar refractivity (Wildman–Crippen MR) is 101 cm³/mol. The van der Waals surface area contributed by atoms with Gasteiger partial charge in [-0.15, -0.1) is 0 Å². The Morgan fingerprint density at radius 1 is 0.840 bits per heavy atom. The molecule has 0 fully saturated rings. The predicted octanol–water partition coefficient (Wildman–Crippen LogP) is 5.02. The molecule has 0 saturated carbocycles. The van der Waals surface area contributed by atoms with Crippen molar-refractivity contribution < 1.29 is 14.6 Å². The average molecular weight is 333 g/mol. The highest BCUT2D eigenvalue weighted by Gasteiger charge is 2.17. The molecule has 2 N–H and O–H groups in total. The van der Waals surface area contributed by atoms with E-state index >= 15 is 0 Å². The molecular weight excluding hydrogens is 314 g/mol. The fourth-order valence-electron chi connectivity index (χ4n) is 3.52. The first-order chi connectivity index (χ1) is 12.1. The molecule has 4 nitrogen and oxygen atoms in total. The van der Waals surface area contributed by atoms with Crippen LogP contribution in [0.15, 0.2) is 48.7 Å². The lowest BCUT2D eigenvalue weighted by Gasteiger charge is -2.14. The molecule has 0 aliphatic heterocycles. The third-order valence-corrected chi connectivity index (χ3v) is 4.78. The molecule has 0 atom stereocenters. The lowest BCUT2D eigenvalue weighted by atomic mass is 9.90. The standard InChI is InChI=1S/C21H19NO3/c1-12-16-9-8-15(25-3)10-17(16)20(18-11-22-21(23)19(12)18)13-4-6-14(24-2)7-5-13/h4-11,22-23H,1-3H3. The molecule has 0 spiro atoms. The number of aryl methyl sites for hydroxylation is 1. The first kappa shape index (κ1) is 15.4. The van der Waals surface area contributed by atoms with Gasteiger partial charge in [0.25, 0.3) is 0 Å². The van der Waals surface area contributed by atoms with E-state index in [1.165, 1.54) is 0 Å². The fourth-order valence-corrected chi connectivity index (χ4v) is 3.52. The van der Waals surface area contributed by atoms with Gasteiger partial charge in [0.05, 0.1) is 14.2 Å². The lowest BCUT2D eigenvalue weighted by Crippen LogP contribution is -1.90. The van der Waals surface area contributed by atoms with E-state index in [0.29, 0.717) is 0 Å². The molecule has 1 aromatic heterocycles. The molecule has 0 amide bonds. The van der Waals surface area contributed by atoms with E-state index in [4.69, 9.17) is 9.47 Å². The summed E-state index contributed by atoms with van der Waals surface area (Å²) < 4.78 is 10.7. The molecule has 0 bridgehead atoms. The number of aromatic nitrogens is 1. The number of rotatable bonds is 3. The third-order valence-electron chi connectivity index (χ3n) is 4.78. The van der Waals surface area contributed by atoms with Gasteiger partial charge in [0.2, 0.25) is 0 Å². The van der Waals surface area contributed by atoms with Gasteiger partial charge in [0.15, 0.2) is 5.88 Å². The molecule has 25 heavy (non-hydrogen) atoms. The number of aromatic amines is 1. The van der Waals surface area contributed by atoms with Gasteiger partial charge in [-0.05, 0) is 58.7 Å². The van der Waals surface area contributed by atoms with Crippen molar-refractivity contribution in [3.8, 4) is 28.5 Å². The third kappa shape index (κ3) is 2.30. The molecule has 1 heterocycles. The van der Waals surface area contributed by atoms with Crippen LogP contribution >= 0.6 is 0 Å². The van der Waals surface area contributed by atoms with Crippen molar-refractivity contribution in [1.82, 2.24) is 4.98 Å². The average Bonchev–Trinajstić information content (AvgIpc) is 3.03. The van der Waals surface area contributed by atoms with Crippen LogP contribution < -0.4 is 9.47 Å². The topological polar surface area (TPSA) is 54.5 Å².